The van der Waals surface area contributed by atoms with Crippen LogP contribution in [0.3, 0.4) is 0 Å². The van der Waals surface area contributed by atoms with Gasteiger partial charge >= 0.3 is 0 Å². The molecule has 1 fully saturated rings. The minimum atomic E-state index is -0.582. The van der Waals surface area contributed by atoms with E-state index in [4.69, 9.17) is 5.84 Å². The molecule has 0 amide bonds. The molecule has 2 nitrogen and oxygen atoms in total. The van der Waals surface area contributed by atoms with Crippen LogP contribution in [-0.2, 0) is 0 Å². The Morgan fingerprint density at radius 1 is 1.21 bits per heavy atom. The molecule has 3 N–H and O–H groups in total. The van der Waals surface area contributed by atoms with E-state index in [1.165, 1.54) is 12.1 Å². The van der Waals surface area contributed by atoms with Crippen LogP contribution < -0.4 is 11.3 Å². The van der Waals surface area contributed by atoms with Crippen molar-refractivity contribution in [3.8, 4) is 0 Å². The van der Waals surface area contributed by atoms with Crippen LogP contribution in [-0.4, -0.2) is 0 Å². The Hall–Kier alpha value is -0.520. The number of hydrazine groups is 1. The Balaban J connectivity index is 2.49. The van der Waals surface area contributed by atoms with Gasteiger partial charge in [0.05, 0.1) is 10.5 Å². The first kappa shape index (κ1) is 14.9. The molecular formula is C14H19BrF2N2. The Kier molecular flexibility index (Phi) is 3.52. The monoisotopic (exact) mass is 332 g/mol. The Morgan fingerprint density at radius 2 is 1.74 bits per heavy atom. The van der Waals surface area contributed by atoms with Crippen molar-refractivity contribution in [3.63, 3.8) is 0 Å². The van der Waals surface area contributed by atoms with Gasteiger partial charge in [0.15, 0.2) is 0 Å². The lowest BCUT2D eigenvalue weighted by Crippen LogP contribution is -2.32. The van der Waals surface area contributed by atoms with E-state index in [1.54, 1.807) is 0 Å². The molecule has 1 unspecified atom stereocenters. The fraction of sp³-hybridized carbons (Fsp3) is 0.571. The minimum absolute atomic E-state index is 0.0144. The zero-order valence-corrected chi connectivity index (χ0v) is 13.1. The number of halogens is 3. The molecule has 0 aromatic heterocycles. The number of benzene rings is 1. The predicted molar refractivity (Wildman–Crippen MR) is 75.2 cm³/mol. The van der Waals surface area contributed by atoms with Crippen molar-refractivity contribution in [1.82, 2.24) is 5.43 Å². The smallest absolute Gasteiger partial charge is 0.145 e. The highest BCUT2D eigenvalue weighted by Crippen LogP contribution is 2.72. The first-order chi connectivity index (χ1) is 8.66. The summed E-state index contributed by atoms with van der Waals surface area (Å²) < 4.78 is 28.5. The lowest BCUT2D eigenvalue weighted by molar-refractivity contribution is 0.385. The van der Waals surface area contributed by atoms with E-state index in [9.17, 15) is 8.78 Å². The van der Waals surface area contributed by atoms with E-state index in [2.05, 4.69) is 49.1 Å². The van der Waals surface area contributed by atoms with Gasteiger partial charge in [-0.15, -0.1) is 0 Å². The van der Waals surface area contributed by atoms with Crippen molar-refractivity contribution < 1.29 is 8.78 Å². The number of hydrogen-bond donors (Lipinski definition) is 2. The molecule has 19 heavy (non-hydrogen) atoms. The maximum atomic E-state index is 14.2. The first-order valence-corrected chi connectivity index (χ1v) is 7.05. The van der Waals surface area contributed by atoms with E-state index in [0.29, 0.717) is 0 Å². The summed E-state index contributed by atoms with van der Waals surface area (Å²) in [5.41, 5.74) is 2.57. The van der Waals surface area contributed by atoms with E-state index in [1.807, 2.05) is 0 Å². The van der Waals surface area contributed by atoms with Gasteiger partial charge in [0.25, 0.3) is 0 Å². The summed E-state index contributed by atoms with van der Waals surface area (Å²) in [6.07, 6.45) is 0. The molecule has 106 valence electrons. The average Bonchev–Trinajstić information content (AvgIpc) is 2.71. The predicted octanol–water partition coefficient (Wildman–Crippen LogP) is 3.91. The van der Waals surface area contributed by atoms with Gasteiger partial charge in [0.1, 0.15) is 11.6 Å². The van der Waals surface area contributed by atoms with Gasteiger partial charge in [-0.25, -0.2) is 8.78 Å². The van der Waals surface area contributed by atoms with Gasteiger partial charge in [-0.2, -0.15) is 0 Å². The molecule has 1 aromatic rings. The standard InChI is InChI=1S/C14H19BrF2N2/c1-13(2)12(14(13,3)4)11(19-18)9-8(16)6-5-7(15)10(9)17/h5-6,11-12,19H,18H2,1-4H3. The van der Waals surface area contributed by atoms with Gasteiger partial charge in [-0.1, -0.05) is 27.7 Å². The zero-order valence-electron chi connectivity index (χ0n) is 11.5. The highest BCUT2D eigenvalue weighted by atomic mass is 79.9. The maximum Gasteiger partial charge on any atom is 0.145 e. The Morgan fingerprint density at radius 3 is 2.16 bits per heavy atom. The van der Waals surface area contributed by atoms with E-state index in [-0.39, 0.29) is 26.8 Å². The summed E-state index contributed by atoms with van der Waals surface area (Å²) in [6.45, 7) is 8.37. The van der Waals surface area contributed by atoms with Gasteiger partial charge in [0, 0.05) is 5.56 Å². The molecule has 0 aliphatic heterocycles. The number of rotatable bonds is 3. The second kappa shape index (κ2) is 4.50. The van der Waals surface area contributed by atoms with Crippen molar-refractivity contribution >= 4 is 15.9 Å². The van der Waals surface area contributed by atoms with Gasteiger partial charge in [-0.3, -0.25) is 11.3 Å². The van der Waals surface area contributed by atoms with Gasteiger partial charge in [0.2, 0.25) is 0 Å². The van der Waals surface area contributed by atoms with Crippen LogP contribution in [0.4, 0.5) is 8.78 Å². The van der Waals surface area contributed by atoms with E-state index < -0.39 is 17.7 Å². The van der Waals surface area contributed by atoms with Crippen molar-refractivity contribution in [2.45, 2.75) is 33.7 Å². The molecular weight excluding hydrogens is 314 g/mol. The molecule has 1 aliphatic rings. The van der Waals surface area contributed by atoms with Crippen molar-refractivity contribution in [2.75, 3.05) is 0 Å². The second-order valence-corrected chi connectivity index (χ2v) is 7.18. The number of nitrogens with two attached hydrogens (primary N) is 1. The van der Waals surface area contributed by atoms with Crippen molar-refractivity contribution in [3.05, 3.63) is 33.8 Å². The molecule has 0 spiro atoms. The zero-order chi connectivity index (χ0) is 14.6. The molecule has 0 bridgehead atoms. The van der Waals surface area contributed by atoms with Crippen LogP contribution in [0.15, 0.2) is 16.6 Å². The third-order valence-corrected chi connectivity index (χ3v) is 5.65. The lowest BCUT2D eigenvalue weighted by Gasteiger charge is -2.20. The quantitative estimate of drug-likeness (QED) is 0.500. The van der Waals surface area contributed by atoms with Crippen LogP contribution in [0.1, 0.15) is 39.3 Å². The largest absolute Gasteiger partial charge is 0.271 e. The molecule has 1 aromatic carbocycles. The summed E-state index contributed by atoms with van der Waals surface area (Å²) in [7, 11) is 0. The SMILES string of the molecule is CC1(C)C(C(NN)c2c(F)ccc(Br)c2F)C1(C)C. The summed E-state index contributed by atoms with van der Waals surface area (Å²) in [4.78, 5) is 0. The summed E-state index contributed by atoms with van der Waals surface area (Å²) >= 11 is 3.09. The minimum Gasteiger partial charge on any atom is -0.271 e. The molecule has 2 rings (SSSR count). The van der Waals surface area contributed by atoms with E-state index >= 15 is 0 Å². The Labute approximate surface area is 120 Å². The highest BCUT2D eigenvalue weighted by Gasteiger charge is 2.67. The highest BCUT2D eigenvalue weighted by molar-refractivity contribution is 9.10. The normalized spacial score (nSPS) is 22.3. The molecule has 1 aliphatic carbocycles. The average molecular weight is 333 g/mol. The molecule has 1 atom stereocenters. The number of nitrogens with one attached hydrogen (secondary N) is 1. The van der Waals surface area contributed by atoms with Crippen LogP contribution >= 0.6 is 15.9 Å². The molecule has 0 radical (unpaired) electrons. The molecule has 0 saturated heterocycles. The first-order valence-electron chi connectivity index (χ1n) is 6.25. The van der Waals surface area contributed by atoms with Gasteiger partial charge < -0.3 is 0 Å². The Bertz CT molecular complexity index is 500. The molecule has 0 heterocycles. The third kappa shape index (κ3) is 2.03. The molecule has 5 heteroatoms. The fourth-order valence-corrected chi connectivity index (χ4v) is 3.60. The second-order valence-electron chi connectivity index (χ2n) is 6.32. The third-order valence-electron chi connectivity index (χ3n) is 5.04. The molecule has 1 saturated carbocycles. The van der Waals surface area contributed by atoms with Crippen LogP contribution in [0, 0.1) is 28.4 Å². The lowest BCUT2D eigenvalue weighted by atomic mass is 9.96. The van der Waals surface area contributed by atoms with E-state index in [0.717, 1.165) is 0 Å². The summed E-state index contributed by atoms with van der Waals surface area (Å²) in [5, 5.41) is 0. The topological polar surface area (TPSA) is 38.0 Å². The fourth-order valence-electron chi connectivity index (χ4n) is 3.25. The van der Waals surface area contributed by atoms with Crippen molar-refractivity contribution in [2.24, 2.45) is 22.6 Å². The van der Waals surface area contributed by atoms with Crippen LogP contribution in [0.2, 0.25) is 0 Å². The van der Waals surface area contributed by atoms with Gasteiger partial charge in [-0.05, 0) is 44.8 Å². The maximum absolute atomic E-state index is 14.2. The number of hydrogen-bond acceptors (Lipinski definition) is 2. The summed E-state index contributed by atoms with van der Waals surface area (Å²) in [5.74, 6) is 4.50. The van der Waals surface area contributed by atoms with Crippen LogP contribution in [0.25, 0.3) is 0 Å². The van der Waals surface area contributed by atoms with Crippen LogP contribution in [0.5, 0.6) is 0 Å². The summed E-state index contributed by atoms with van der Waals surface area (Å²) in [6, 6.07) is 2.09. The van der Waals surface area contributed by atoms with Crippen molar-refractivity contribution in [1.29, 1.82) is 0 Å².